The number of benzene rings is 1. The van der Waals surface area contributed by atoms with Gasteiger partial charge in [-0.2, -0.15) is 8.78 Å². The molecule has 1 heterocycles. The summed E-state index contributed by atoms with van der Waals surface area (Å²) in [5, 5.41) is 3.27. The molecule has 0 radical (unpaired) electrons. The average molecular weight is 297 g/mol. The van der Waals surface area contributed by atoms with Crippen LogP contribution in [0.4, 0.5) is 8.78 Å². The lowest BCUT2D eigenvalue weighted by Gasteiger charge is -2.02. The molecule has 1 aromatic carbocycles. The van der Waals surface area contributed by atoms with Crippen LogP contribution in [-0.4, -0.2) is 12.3 Å². The van der Waals surface area contributed by atoms with E-state index in [4.69, 9.17) is 4.42 Å². The highest BCUT2D eigenvalue weighted by atomic mass is 32.2. The minimum Gasteiger partial charge on any atom is -0.460 e. The van der Waals surface area contributed by atoms with Gasteiger partial charge in [-0.05, 0) is 37.2 Å². The average Bonchev–Trinajstić information content (AvgIpc) is 2.88. The van der Waals surface area contributed by atoms with E-state index in [1.54, 1.807) is 24.3 Å². The predicted molar refractivity (Wildman–Crippen MR) is 78.0 cm³/mol. The molecule has 0 fully saturated rings. The lowest BCUT2D eigenvalue weighted by molar-refractivity contribution is 0.252. The Labute approximate surface area is 121 Å². The van der Waals surface area contributed by atoms with E-state index < -0.39 is 5.76 Å². The number of thioether (sulfide) groups is 1. The van der Waals surface area contributed by atoms with Crippen LogP contribution in [0.2, 0.25) is 0 Å². The summed E-state index contributed by atoms with van der Waals surface area (Å²) >= 11 is 0.547. The number of rotatable bonds is 7. The molecule has 0 atom stereocenters. The molecule has 0 spiro atoms. The highest BCUT2D eigenvalue weighted by Crippen LogP contribution is 2.28. The molecule has 0 aliphatic carbocycles. The molecule has 2 rings (SSSR count). The highest BCUT2D eigenvalue weighted by molar-refractivity contribution is 7.99. The first-order valence-electron chi connectivity index (χ1n) is 6.53. The molecule has 1 aromatic heterocycles. The summed E-state index contributed by atoms with van der Waals surface area (Å²) in [6, 6.07) is 10.8. The van der Waals surface area contributed by atoms with Crippen LogP contribution in [0, 0.1) is 0 Å². The van der Waals surface area contributed by atoms with Gasteiger partial charge in [-0.1, -0.05) is 30.8 Å². The first kappa shape index (κ1) is 15.1. The van der Waals surface area contributed by atoms with Crippen LogP contribution in [0.3, 0.4) is 0 Å². The molecule has 2 nitrogen and oxygen atoms in total. The maximum atomic E-state index is 12.2. The zero-order valence-corrected chi connectivity index (χ0v) is 12.1. The van der Waals surface area contributed by atoms with E-state index in [2.05, 4.69) is 12.2 Å². The van der Waals surface area contributed by atoms with Gasteiger partial charge in [0.25, 0.3) is 5.76 Å². The second kappa shape index (κ2) is 7.45. The molecule has 0 aliphatic rings. The van der Waals surface area contributed by atoms with Gasteiger partial charge in [0, 0.05) is 10.5 Å². The second-order valence-corrected chi connectivity index (χ2v) is 5.41. The summed E-state index contributed by atoms with van der Waals surface area (Å²) in [4.78, 5) is 0.556. The van der Waals surface area contributed by atoms with Gasteiger partial charge in [0.1, 0.15) is 11.5 Å². The van der Waals surface area contributed by atoms with Crippen LogP contribution in [0.5, 0.6) is 0 Å². The van der Waals surface area contributed by atoms with E-state index >= 15 is 0 Å². The molecule has 20 heavy (non-hydrogen) atoms. The van der Waals surface area contributed by atoms with Gasteiger partial charge in [-0.15, -0.1) is 0 Å². The molecule has 0 amide bonds. The molecule has 108 valence electrons. The molecule has 0 bridgehead atoms. The molecular weight excluding hydrogens is 280 g/mol. The Kier molecular flexibility index (Phi) is 5.61. The van der Waals surface area contributed by atoms with Gasteiger partial charge in [0.05, 0.1) is 6.54 Å². The first-order chi connectivity index (χ1) is 9.69. The predicted octanol–water partition coefficient (Wildman–Crippen LogP) is 4.76. The van der Waals surface area contributed by atoms with Crippen molar-refractivity contribution in [2.45, 2.75) is 30.5 Å². The second-order valence-electron chi connectivity index (χ2n) is 4.35. The van der Waals surface area contributed by atoms with E-state index in [-0.39, 0.29) is 0 Å². The van der Waals surface area contributed by atoms with Crippen molar-refractivity contribution in [2.75, 3.05) is 6.54 Å². The summed E-state index contributed by atoms with van der Waals surface area (Å²) in [6.45, 7) is 3.77. The van der Waals surface area contributed by atoms with Crippen molar-refractivity contribution in [3.8, 4) is 11.3 Å². The number of alkyl halides is 2. The van der Waals surface area contributed by atoms with Crippen molar-refractivity contribution < 1.29 is 13.2 Å². The summed E-state index contributed by atoms with van der Waals surface area (Å²) < 4.78 is 30.2. The Hall–Kier alpha value is -1.33. The molecule has 0 aliphatic heterocycles. The normalized spacial score (nSPS) is 11.2. The number of furan rings is 1. The Bertz CT molecular complexity index is 525. The zero-order valence-electron chi connectivity index (χ0n) is 11.2. The molecule has 0 unspecified atom stereocenters. The fraction of sp³-hybridized carbons (Fsp3) is 0.333. The van der Waals surface area contributed by atoms with Gasteiger partial charge >= 0.3 is 0 Å². The maximum Gasteiger partial charge on any atom is 0.288 e. The Morgan fingerprint density at radius 1 is 1.15 bits per heavy atom. The summed E-state index contributed by atoms with van der Waals surface area (Å²) in [6.07, 6.45) is 1.08. The van der Waals surface area contributed by atoms with E-state index in [0.717, 1.165) is 30.0 Å². The molecular formula is C15H17F2NOS. The van der Waals surface area contributed by atoms with Gasteiger partial charge < -0.3 is 9.73 Å². The minimum atomic E-state index is -2.39. The van der Waals surface area contributed by atoms with Crippen molar-refractivity contribution in [3.63, 3.8) is 0 Å². The molecule has 2 aromatic rings. The molecule has 5 heteroatoms. The molecule has 1 N–H and O–H groups in total. The van der Waals surface area contributed by atoms with Crippen LogP contribution in [0.25, 0.3) is 11.3 Å². The maximum absolute atomic E-state index is 12.2. The molecule has 0 saturated carbocycles. The van der Waals surface area contributed by atoms with Crippen molar-refractivity contribution in [2.24, 2.45) is 0 Å². The Balaban J connectivity index is 2.00. The molecule has 0 saturated heterocycles. The standard InChI is InChI=1S/C15H17F2NOS/c1-2-9-18-10-12-5-8-14(19-12)11-3-6-13(7-4-11)20-15(16)17/h3-8,15,18H,2,9-10H2,1H3. The number of hydrogen-bond acceptors (Lipinski definition) is 3. The number of hydrogen-bond donors (Lipinski definition) is 1. The van der Waals surface area contributed by atoms with E-state index in [1.165, 1.54) is 0 Å². The van der Waals surface area contributed by atoms with Crippen molar-refractivity contribution in [1.29, 1.82) is 0 Å². The fourth-order valence-electron chi connectivity index (χ4n) is 1.82. The number of halogens is 2. The van der Waals surface area contributed by atoms with Gasteiger partial charge in [0.15, 0.2) is 0 Å². The zero-order chi connectivity index (χ0) is 14.4. The summed E-state index contributed by atoms with van der Waals surface area (Å²) in [5.74, 6) is -0.757. The van der Waals surface area contributed by atoms with Crippen molar-refractivity contribution in [1.82, 2.24) is 5.32 Å². The van der Waals surface area contributed by atoms with Crippen LogP contribution in [0.1, 0.15) is 19.1 Å². The lowest BCUT2D eigenvalue weighted by atomic mass is 10.2. The van der Waals surface area contributed by atoms with Gasteiger partial charge in [-0.25, -0.2) is 0 Å². The fourth-order valence-corrected chi connectivity index (χ4v) is 2.32. The topological polar surface area (TPSA) is 25.2 Å². The van der Waals surface area contributed by atoms with E-state index in [1.807, 2.05) is 12.1 Å². The summed E-state index contributed by atoms with van der Waals surface area (Å²) in [5.41, 5.74) is 0.894. The SMILES string of the molecule is CCCNCc1ccc(-c2ccc(SC(F)F)cc2)o1. The van der Waals surface area contributed by atoms with E-state index in [9.17, 15) is 8.78 Å². The van der Waals surface area contributed by atoms with Crippen LogP contribution >= 0.6 is 11.8 Å². The van der Waals surface area contributed by atoms with Gasteiger partial charge in [0.2, 0.25) is 0 Å². The number of nitrogens with one attached hydrogen (secondary N) is 1. The van der Waals surface area contributed by atoms with Crippen molar-refractivity contribution >= 4 is 11.8 Å². The Morgan fingerprint density at radius 3 is 2.55 bits per heavy atom. The smallest absolute Gasteiger partial charge is 0.288 e. The quantitative estimate of drug-likeness (QED) is 0.589. The highest BCUT2D eigenvalue weighted by Gasteiger charge is 2.07. The summed E-state index contributed by atoms with van der Waals surface area (Å²) in [7, 11) is 0. The monoisotopic (exact) mass is 297 g/mol. The van der Waals surface area contributed by atoms with Crippen LogP contribution < -0.4 is 5.32 Å². The van der Waals surface area contributed by atoms with Crippen LogP contribution in [0.15, 0.2) is 45.7 Å². The largest absolute Gasteiger partial charge is 0.460 e. The van der Waals surface area contributed by atoms with Crippen molar-refractivity contribution in [3.05, 3.63) is 42.2 Å². The Morgan fingerprint density at radius 2 is 1.90 bits per heavy atom. The third kappa shape index (κ3) is 4.35. The first-order valence-corrected chi connectivity index (χ1v) is 7.41. The van der Waals surface area contributed by atoms with Gasteiger partial charge in [-0.3, -0.25) is 0 Å². The lowest BCUT2D eigenvalue weighted by Crippen LogP contribution is -2.12. The van der Waals surface area contributed by atoms with E-state index in [0.29, 0.717) is 23.2 Å². The third-order valence-corrected chi connectivity index (χ3v) is 3.47. The van der Waals surface area contributed by atoms with Crippen LogP contribution in [-0.2, 0) is 6.54 Å². The minimum absolute atomic E-state index is 0.547. The third-order valence-electron chi connectivity index (χ3n) is 2.75.